The second kappa shape index (κ2) is 8.85. The van der Waals surface area contributed by atoms with Crippen LogP contribution in [-0.2, 0) is 16.1 Å². The van der Waals surface area contributed by atoms with Crippen LogP contribution in [0.5, 0.6) is 5.75 Å². The minimum Gasteiger partial charge on any atom is -0.496 e. The molecule has 3 aromatic carbocycles. The molecule has 0 aromatic heterocycles. The lowest BCUT2D eigenvalue weighted by Gasteiger charge is -2.17. The molecule has 162 valence electrons. The van der Waals surface area contributed by atoms with Crippen molar-refractivity contribution in [2.45, 2.75) is 13.5 Å². The number of carbonyl (C=O) groups excluding carboxylic acids is 2. The summed E-state index contributed by atoms with van der Waals surface area (Å²) in [7, 11) is 1.53. The topological polar surface area (TPSA) is 58.6 Å². The number of para-hydroxylation sites is 1. The molecule has 5 nitrogen and oxygen atoms in total. The molecule has 0 saturated heterocycles. The first-order chi connectivity index (χ1) is 15.4. The molecule has 1 heterocycles. The lowest BCUT2D eigenvalue weighted by Crippen LogP contribution is -2.32. The third-order valence-corrected chi connectivity index (χ3v) is 5.51. The van der Waals surface area contributed by atoms with Gasteiger partial charge in [-0.3, -0.25) is 14.5 Å². The van der Waals surface area contributed by atoms with Gasteiger partial charge in [0.15, 0.2) is 0 Å². The van der Waals surface area contributed by atoms with E-state index in [9.17, 15) is 14.0 Å². The number of carbonyl (C=O) groups is 2. The van der Waals surface area contributed by atoms with Crippen LogP contribution in [0.25, 0.3) is 5.57 Å². The number of amides is 2. The van der Waals surface area contributed by atoms with Crippen LogP contribution in [0.2, 0.25) is 5.02 Å². The maximum Gasteiger partial charge on any atom is 0.278 e. The molecule has 0 saturated carbocycles. The quantitative estimate of drug-likeness (QED) is 0.525. The first kappa shape index (κ1) is 21.6. The van der Waals surface area contributed by atoms with Crippen molar-refractivity contribution in [3.8, 4) is 5.75 Å². The van der Waals surface area contributed by atoms with E-state index in [-0.39, 0.29) is 17.8 Å². The van der Waals surface area contributed by atoms with E-state index in [0.717, 1.165) is 10.5 Å². The summed E-state index contributed by atoms with van der Waals surface area (Å²) in [5.74, 6) is -0.803. The van der Waals surface area contributed by atoms with E-state index >= 15 is 0 Å². The van der Waals surface area contributed by atoms with Crippen molar-refractivity contribution < 1.29 is 18.7 Å². The number of hydrogen-bond acceptors (Lipinski definition) is 4. The molecule has 0 aliphatic carbocycles. The highest BCUT2D eigenvalue weighted by Crippen LogP contribution is 2.33. The SMILES string of the molecule is COc1ccccc1CN1C(=O)C(Nc2ccc(Cl)cc2C)=C(c2ccc(F)cc2)C1=O. The lowest BCUT2D eigenvalue weighted by atomic mass is 10.0. The van der Waals surface area contributed by atoms with Crippen molar-refractivity contribution in [3.63, 3.8) is 0 Å². The van der Waals surface area contributed by atoms with E-state index in [2.05, 4.69) is 5.32 Å². The standard InChI is InChI=1S/C25H20ClFN2O3/c1-15-13-18(26)9-12-20(15)28-23-22(16-7-10-19(27)11-8-16)24(30)29(25(23)31)14-17-5-3-4-6-21(17)32-2/h3-13,28H,14H2,1-2H3. The van der Waals surface area contributed by atoms with Crippen molar-refractivity contribution >= 4 is 34.7 Å². The molecule has 4 rings (SSSR count). The van der Waals surface area contributed by atoms with Crippen molar-refractivity contribution in [2.75, 3.05) is 12.4 Å². The first-order valence-corrected chi connectivity index (χ1v) is 10.3. The average molecular weight is 451 g/mol. The molecule has 0 fully saturated rings. The highest BCUT2D eigenvalue weighted by Gasteiger charge is 2.39. The fraction of sp³-hybridized carbons (Fsp3) is 0.120. The number of anilines is 1. The van der Waals surface area contributed by atoms with Crippen LogP contribution >= 0.6 is 11.6 Å². The number of hydrogen-bond donors (Lipinski definition) is 1. The lowest BCUT2D eigenvalue weighted by molar-refractivity contribution is -0.137. The highest BCUT2D eigenvalue weighted by molar-refractivity contribution is 6.36. The normalized spacial score (nSPS) is 13.7. The number of methoxy groups -OCH3 is 1. The largest absolute Gasteiger partial charge is 0.496 e. The van der Waals surface area contributed by atoms with Gasteiger partial charge in [0.2, 0.25) is 0 Å². The number of benzene rings is 3. The molecule has 3 aromatic rings. The van der Waals surface area contributed by atoms with E-state index in [0.29, 0.717) is 27.6 Å². The van der Waals surface area contributed by atoms with Crippen LogP contribution in [0.1, 0.15) is 16.7 Å². The molecule has 1 aliphatic heterocycles. The molecule has 2 amide bonds. The summed E-state index contributed by atoms with van der Waals surface area (Å²) in [5, 5.41) is 3.67. The minimum atomic E-state index is -0.477. The zero-order chi connectivity index (χ0) is 22.8. The second-order valence-corrected chi connectivity index (χ2v) is 7.79. The molecule has 0 bridgehead atoms. The van der Waals surface area contributed by atoms with Gasteiger partial charge in [-0.1, -0.05) is 41.9 Å². The molecule has 32 heavy (non-hydrogen) atoms. The smallest absolute Gasteiger partial charge is 0.278 e. The van der Waals surface area contributed by atoms with Gasteiger partial charge in [-0.15, -0.1) is 0 Å². The second-order valence-electron chi connectivity index (χ2n) is 7.35. The van der Waals surface area contributed by atoms with Crippen LogP contribution in [0.15, 0.2) is 72.4 Å². The Balaban J connectivity index is 1.76. The monoisotopic (exact) mass is 450 g/mol. The molecular weight excluding hydrogens is 431 g/mol. The third-order valence-electron chi connectivity index (χ3n) is 5.27. The number of ether oxygens (including phenoxy) is 1. The third kappa shape index (κ3) is 4.09. The molecule has 1 N–H and O–H groups in total. The minimum absolute atomic E-state index is 0.0388. The maximum atomic E-state index is 13.5. The van der Waals surface area contributed by atoms with E-state index in [1.165, 1.54) is 31.4 Å². The zero-order valence-electron chi connectivity index (χ0n) is 17.5. The van der Waals surface area contributed by atoms with Gasteiger partial charge in [0, 0.05) is 16.3 Å². The fourth-order valence-electron chi connectivity index (χ4n) is 3.63. The number of nitrogens with one attached hydrogen (secondary N) is 1. The fourth-order valence-corrected chi connectivity index (χ4v) is 3.85. The molecule has 7 heteroatoms. The van der Waals surface area contributed by atoms with Crippen molar-refractivity contribution in [3.05, 3.63) is 100.0 Å². The van der Waals surface area contributed by atoms with E-state index in [1.807, 2.05) is 19.1 Å². The maximum absolute atomic E-state index is 13.5. The predicted molar refractivity (Wildman–Crippen MR) is 122 cm³/mol. The molecule has 1 aliphatic rings. The van der Waals surface area contributed by atoms with Gasteiger partial charge >= 0.3 is 0 Å². The summed E-state index contributed by atoms with van der Waals surface area (Å²) in [6, 6.07) is 17.9. The van der Waals surface area contributed by atoms with Gasteiger partial charge in [0.05, 0.1) is 19.2 Å². The van der Waals surface area contributed by atoms with Crippen LogP contribution < -0.4 is 10.1 Å². The van der Waals surface area contributed by atoms with Gasteiger partial charge < -0.3 is 10.1 Å². The number of nitrogens with zero attached hydrogens (tertiary/aromatic N) is 1. The van der Waals surface area contributed by atoms with Gasteiger partial charge in [-0.25, -0.2) is 4.39 Å². The van der Waals surface area contributed by atoms with Crippen LogP contribution in [-0.4, -0.2) is 23.8 Å². The zero-order valence-corrected chi connectivity index (χ0v) is 18.2. The van der Waals surface area contributed by atoms with E-state index < -0.39 is 17.6 Å². The number of imide groups is 1. The Morgan fingerprint density at radius 1 is 1.00 bits per heavy atom. The number of halogens is 2. The van der Waals surface area contributed by atoms with Gasteiger partial charge in [0.25, 0.3) is 11.8 Å². The Morgan fingerprint density at radius 3 is 2.41 bits per heavy atom. The summed E-state index contributed by atoms with van der Waals surface area (Å²) in [5.41, 5.74) is 2.90. The first-order valence-electron chi connectivity index (χ1n) is 9.90. The van der Waals surface area contributed by atoms with Crippen molar-refractivity contribution in [1.29, 1.82) is 0 Å². The summed E-state index contributed by atoms with van der Waals surface area (Å²) in [6.07, 6.45) is 0. The summed E-state index contributed by atoms with van der Waals surface area (Å²) in [4.78, 5) is 28.0. The van der Waals surface area contributed by atoms with Crippen LogP contribution in [0.4, 0.5) is 10.1 Å². The Kier molecular flexibility index (Phi) is 5.97. The Morgan fingerprint density at radius 2 is 1.72 bits per heavy atom. The van der Waals surface area contributed by atoms with Gasteiger partial charge in [-0.2, -0.15) is 0 Å². The summed E-state index contributed by atoms with van der Waals surface area (Å²) >= 11 is 6.05. The molecule has 0 spiro atoms. The van der Waals surface area contributed by atoms with Gasteiger partial charge in [-0.05, 0) is 54.4 Å². The summed E-state index contributed by atoms with van der Waals surface area (Å²) in [6.45, 7) is 1.89. The van der Waals surface area contributed by atoms with Gasteiger partial charge in [0.1, 0.15) is 17.3 Å². The highest BCUT2D eigenvalue weighted by atomic mass is 35.5. The molecule has 0 atom stereocenters. The molecular formula is C25H20ClFN2O3. The predicted octanol–water partition coefficient (Wildman–Crippen LogP) is 5.19. The van der Waals surface area contributed by atoms with E-state index in [1.54, 1.807) is 30.3 Å². The van der Waals surface area contributed by atoms with Crippen LogP contribution in [0.3, 0.4) is 0 Å². The number of aryl methyl sites for hydroxylation is 1. The Hall–Kier alpha value is -3.64. The van der Waals surface area contributed by atoms with E-state index in [4.69, 9.17) is 16.3 Å². The Bertz CT molecular complexity index is 1240. The van der Waals surface area contributed by atoms with Crippen molar-refractivity contribution in [2.24, 2.45) is 0 Å². The molecule has 0 unspecified atom stereocenters. The van der Waals surface area contributed by atoms with Crippen molar-refractivity contribution in [1.82, 2.24) is 4.90 Å². The number of rotatable bonds is 6. The summed E-state index contributed by atoms with van der Waals surface area (Å²) < 4.78 is 18.9. The van der Waals surface area contributed by atoms with Crippen LogP contribution in [0, 0.1) is 12.7 Å². The average Bonchev–Trinajstić information content (AvgIpc) is 3.01. The molecule has 0 radical (unpaired) electrons. The Labute approximate surface area is 190 Å².